The van der Waals surface area contributed by atoms with Gasteiger partial charge >= 0.3 is 0 Å². The first kappa shape index (κ1) is 15.5. The van der Waals surface area contributed by atoms with Gasteiger partial charge in [-0.3, -0.25) is 0 Å². The van der Waals surface area contributed by atoms with Crippen molar-refractivity contribution in [2.24, 2.45) is 0 Å². The summed E-state index contributed by atoms with van der Waals surface area (Å²) in [7, 11) is 1.60. The van der Waals surface area contributed by atoms with Gasteiger partial charge in [0.25, 0.3) is 0 Å². The van der Waals surface area contributed by atoms with Crippen molar-refractivity contribution in [2.45, 2.75) is 6.42 Å². The van der Waals surface area contributed by atoms with Crippen molar-refractivity contribution in [2.75, 3.05) is 30.9 Å². The number of hydrogen-bond donors (Lipinski definition) is 2. The van der Waals surface area contributed by atoms with Crippen LogP contribution in [0.3, 0.4) is 0 Å². The Hall–Kier alpha value is -2.57. The minimum atomic E-state index is -0.406. The minimum Gasteiger partial charge on any atom is -0.385 e. The Balaban J connectivity index is 2.81. The summed E-state index contributed by atoms with van der Waals surface area (Å²) in [6.45, 7) is 1.13. The lowest BCUT2D eigenvalue weighted by molar-refractivity contribution is 0.198. The minimum absolute atomic E-state index is 0.0837. The van der Waals surface area contributed by atoms with E-state index in [9.17, 15) is 4.39 Å². The Kier molecular flexibility index (Phi) is 6.60. The molecule has 0 radical (unpaired) electrons. The summed E-state index contributed by atoms with van der Waals surface area (Å²) in [6.07, 6.45) is 1.98. The molecule has 0 saturated heterocycles. The first-order valence-electron chi connectivity index (χ1n) is 6.01. The van der Waals surface area contributed by atoms with Crippen molar-refractivity contribution in [3.05, 3.63) is 35.8 Å². The van der Waals surface area contributed by atoms with Crippen molar-refractivity contribution in [3.8, 4) is 12.1 Å². The maximum Gasteiger partial charge on any atom is 0.148 e. The van der Waals surface area contributed by atoms with Gasteiger partial charge in [-0.2, -0.15) is 10.5 Å². The highest BCUT2D eigenvalue weighted by Crippen LogP contribution is 2.25. The molecule has 0 fully saturated rings. The van der Waals surface area contributed by atoms with Crippen LogP contribution in [0.1, 0.15) is 6.42 Å². The molecular formula is C14H15FN4O. The lowest BCUT2D eigenvalue weighted by atomic mass is 10.2. The van der Waals surface area contributed by atoms with Crippen molar-refractivity contribution >= 4 is 11.4 Å². The van der Waals surface area contributed by atoms with Crippen LogP contribution in [0.2, 0.25) is 0 Å². The Labute approximate surface area is 117 Å². The van der Waals surface area contributed by atoms with E-state index in [4.69, 9.17) is 15.3 Å². The number of ether oxygens (including phenoxy) is 1. The number of rotatable bonds is 7. The molecule has 0 bridgehead atoms. The zero-order valence-corrected chi connectivity index (χ0v) is 11.1. The van der Waals surface area contributed by atoms with Gasteiger partial charge in [-0.15, -0.1) is 0 Å². The standard InChI is InChI=1S/C14H15FN4O/c1-20-7-3-6-18-14-12(15)4-2-5-13(14)19-10-11(8-16)9-17/h2,4-5,10,18-19H,3,6-7H2,1H3. The van der Waals surface area contributed by atoms with E-state index >= 15 is 0 Å². The molecule has 0 heterocycles. The maximum absolute atomic E-state index is 13.8. The van der Waals surface area contributed by atoms with Crippen LogP contribution in [0.25, 0.3) is 0 Å². The van der Waals surface area contributed by atoms with Gasteiger partial charge in [0, 0.05) is 26.5 Å². The quantitative estimate of drug-likeness (QED) is 0.590. The zero-order valence-electron chi connectivity index (χ0n) is 11.1. The molecule has 0 aliphatic carbocycles. The molecule has 0 unspecified atom stereocenters. The molecule has 0 aliphatic heterocycles. The van der Waals surface area contributed by atoms with Crippen LogP contribution < -0.4 is 10.6 Å². The van der Waals surface area contributed by atoms with Crippen LogP contribution in [0.15, 0.2) is 30.0 Å². The summed E-state index contributed by atoms with van der Waals surface area (Å²) < 4.78 is 18.7. The molecular weight excluding hydrogens is 259 g/mol. The SMILES string of the molecule is COCCCNc1c(F)cccc1NC=C(C#N)C#N. The smallest absolute Gasteiger partial charge is 0.148 e. The van der Waals surface area contributed by atoms with Crippen LogP contribution in [0.5, 0.6) is 0 Å². The second-order valence-electron chi connectivity index (χ2n) is 3.86. The van der Waals surface area contributed by atoms with Gasteiger partial charge in [0.2, 0.25) is 0 Å². The van der Waals surface area contributed by atoms with Crippen LogP contribution in [0.4, 0.5) is 15.8 Å². The van der Waals surface area contributed by atoms with E-state index < -0.39 is 5.82 Å². The highest BCUT2D eigenvalue weighted by molar-refractivity contribution is 5.70. The van der Waals surface area contributed by atoms with Gasteiger partial charge in [0.05, 0.1) is 11.4 Å². The Morgan fingerprint density at radius 2 is 2.15 bits per heavy atom. The van der Waals surface area contributed by atoms with Gasteiger partial charge in [0.1, 0.15) is 23.5 Å². The lowest BCUT2D eigenvalue weighted by Crippen LogP contribution is -2.08. The summed E-state index contributed by atoms with van der Waals surface area (Å²) in [4.78, 5) is 0. The number of methoxy groups -OCH3 is 1. The van der Waals surface area contributed by atoms with Crippen LogP contribution in [-0.2, 0) is 4.74 Å². The second-order valence-corrected chi connectivity index (χ2v) is 3.86. The Bertz CT molecular complexity index is 541. The van der Waals surface area contributed by atoms with E-state index in [1.807, 2.05) is 0 Å². The molecule has 5 nitrogen and oxygen atoms in total. The molecule has 104 valence electrons. The predicted octanol–water partition coefficient (Wildman–Crippen LogP) is 2.62. The molecule has 1 aromatic rings. The fourth-order valence-electron chi connectivity index (χ4n) is 1.49. The van der Waals surface area contributed by atoms with Gasteiger partial charge < -0.3 is 15.4 Å². The average molecular weight is 274 g/mol. The maximum atomic E-state index is 13.8. The third-order valence-electron chi connectivity index (χ3n) is 2.45. The average Bonchev–Trinajstić information content (AvgIpc) is 2.46. The summed E-state index contributed by atoms with van der Waals surface area (Å²) in [5, 5.41) is 23.0. The van der Waals surface area contributed by atoms with Crippen molar-refractivity contribution in [1.82, 2.24) is 0 Å². The summed E-state index contributed by atoms with van der Waals surface area (Å²) in [5.41, 5.74) is 0.681. The predicted molar refractivity (Wildman–Crippen MR) is 74.3 cm³/mol. The Morgan fingerprint density at radius 1 is 1.40 bits per heavy atom. The number of para-hydroxylation sites is 1. The number of hydrogen-bond acceptors (Lipinski definition) is 5. The Morgan fingerprint density at radius 3 is 2.80 bits per heavy atom. The molecule has 0 aliphatic rings. The number of nitriles is 2. The molecule has 0 amide bonds. The van der Waals surface area contributed by atoms with Gasteiger partial charge in [0.15, 0.2) is 0 Å². The first-order chi connectivity index (χ1) is 9.72. The topological polar surface area (TPSA) is 80.9 Å². The zero-order chi connectivity index (χ0) is 14.8. The van der Waals surface area contributed by atoms with E-state index in [1.165, 1.54) is 12.3 Å². The molecule has 2 N–H and O–H groups in total. The van der Waals surface area contributed by atoms with Gasteiger partial charge in [-0.05, 0) is 18.6 Å². The molecule has 6 heteroatoms. The summed E-state index contributed by atoms with van der Waals surface area (Å²) in [6, 6.07) is 7.99. The van der Waals surface area contributed by atoms with E-state index in [2.05, 4.69) is 10.6 Å². The molecule has 1 aromatic carbocycles. The van der Waals surface area contributed by atoms with Crippen molar-refractivity contribution < 1.29 is 9.13 Å². The van der Waals surface area contributed by atoms with Crippen LogP contribution >= 0.6 is 0 Å². The van der Waals surface area contributed by atoms with E-state index in [-0.39, 0.29) is 5.57 Å². The number of anilines is 2. The molecule has 0 atom stereocenters. The first-order valence-corrected chi connectivity index (χ1v) is 6.01. The van der Waals surface area contributed by atoms with Crippen molar-refractivity contribution in [3.63, 3.8) is 0 Å². The molecule has 0 spiro atoms. The van der Waals surface area contributed by atoms with E-state index in [1.54, 1.807) is 31.4 Å². The lowest BCUT2D eigenvalue weighted by Gasteiger charge is -2.12. The second kappa shape index (κ2) is 8.52. The molecule has 0 aromatic heterocycles. The molecule has 1 rings (SSSR count). The number of allylic oxidation sites excluding steroid dienone is 1. The normalized spacial score (nSPS) is 9.20. The van der Waals surface area contributed by atoms with Gasteiger partial charge in [-0.25, -0.2) is 4.39 Å². The van der Waals surface area contributed by atoms with Crippen LogP contribution in [-0.4, -0.2) is 20.3 Å². The third kappa shape index (κ3) is 4.60. The third-order valence-corrected chi connectivity index (χ3v) is 2.45. The highest BCUT2D eigenvalue weighted by atomic mass is 19.1. The van der Waals surface area contributed by atoms with Crippen molar-refractivity contribution in [1.29, 1.82) is 10.5 Å². The number of nitrogens with zero attached hydrogens (tertiary/aromatic N) is 2. The van der Waals surface area contributed by atoms with Gasteiger partial charge in [-0.1, -0.05) is 6.07 Å². The monoisotopic (exact) mass is 274 g/mol. The number of nitrogens with one attached hydrogen (secondary N) is 2. The van der Waals surface area contributed by atoms with E-state index in [0.717, 1.165) is 6.42 Å². The summed E-state index contributed by atoms with van der Waals surface area (Å²) in [5.74, 6) is -0.406. The number of benzene rings is 1. The summed E-state index contributed by atoms with van der Waals surface area (Å²) >= 11 is 0. The molecule has 20 heavy (non-hydrogen) atoms. The largest absolute Gasteiger partial charge is 0.385 e. The fraction of sp³-hybridized carbons (Fsp3) is 0.286. The number of halogens is 1. The molecule has 0 saturated carbocycles. The van der Waals surface area contributed by atoms with E-state index in [0.29, 0.717) is 24.5 Å². The highest BCUT2D eigenvalue weighted by Gasteiger charge is 2.07. The fourth-order valence-corrected chi connectivity index (χ4v) is 1.49. The van der Waals surface area contributed by atoms with Crippen LogP contribution in [0, 0.1) is 28.5 Å².